The van der Waals surface area contributed by atoms with Gasteiger partial charge in [0.1, 0.15) is 11.5 Å². The highest BCUT2D eigenvalue weighted by atomic mass is 32.2. The van der Waals surface area contributed by atoms with Crippen LogP contribution in [0.15, 0.2) is 107 Å². The zero-order valence-corrected chi connectivity index (χ0v) is 14.7. The second kappa shape index (κ2) is 6.65. The Labute approximate surface area is 152 Å². The van der Waals surface area contributed by atoms with Gasteiger partial charge in [0.05, 0.1) is 9.79 Å². The van der Waals surface area contributed by atoms with Crippen molar-refractivity contribution >= 4 is 20.6 Å². The maximum Gasteiger partial charge on any atom is 0.206 e. The van der Waals surface area contributed by atoms with E-state index >= 15 is 0 Å². The van der Waals surface area contributed by atoms with E-state index in [0.717, 1.165) is 16.5 Å². The third-order valence-electron chi connectivity index (χ3n) is 4.16. The average molecular weight is 360 g/mol. The molecule has 0 N–H and O–H groups in total. The molecule has 0 unspecified atom stereocenters. The minimum absolute atomic E-state index is 0.244. The Morgan fingerprint density at radius 3 is 1.96 bits per heavy atom. The molecule has 128 valence electrons. The van der Waals surface area contributed by atoms with Crippen molar-refractivity contribution in [3.05, 3.63) is 97.1 Å². The van der Waals surface area contributed by atoms with E-state index in [0.29, 0.717) is 5.75 Å². The lowest BCUT2D eigenvalue weighted by Crippen LogP contribution is -2.01. The molecule has 0 heterocycles. The number of benzene rings is 4. The molecule has 4 aromatic carbocycles. The van der Waals surface area contributed by atoms with Crippen LogP contribution in [0.2, 0.25) is 0 Å². The minimum Gasteiger partial charge on any atom is -0.457 e. The van der Waals surface area contributed by atoms with E-state index in [1.807, 2.05) is 42.5 Å². The second-order valence-corrected chi connectivity index (χ2v) is 7.82. The highest BCUT2D eigenvalue weighted by Gasteiger charge is 2.17. The molecule has 0 saturated heterocycles. The van der Waals surface area contributed by atoms with Gasteiger partial charge < -0.3 is 4.74 Å². The zero-order chi connectivity index (χ0) is 18.0. The van der Waals surface area contributed by atoms with E-state index in [-0.39, 0.29) is 9.79 Å². The second-order valence-electron chi connectivity index (χ2n) is 5.87. The largest absolute Gasteiger partial charge is 0.457 e. The predicted molar refractivity (Wildman–Crippen MR) is 102 cm³/mol. The molecule has 0 spiro atoms. The summed E-state index contributed by atoms with van der Waals surface area (Å²) in [6.07, 6.45) is 0. The highest BCUT2D eigenvalue weighted by Crippen LogP contribution is 2.31. The Hall–Kier alpha value is -3.11. The fourth-order valence-electron chi connectivity index (χ4n) is 2.83. The van der Waals surface area contributed by atoms with Crippen molar-refractivity contribution in [2.24, 2.45) is 0 Å². The average Bonchev–Trinajstić information content (AvgIpc) is 2.69. The molecule has 0 atom stereocenters. The molecule has 4 rings (SSSR count). The molecule has 0 aromatic heterocycles. The maximum absolute atomic E-state index is 12.6. The van der Waals surface area contributed by atoms with Gasteiger partial charge in [0.15, 0.2) is 0 Å². The third-order valence-corrected chi connectivity index (χ3v) is 5.95. The molecule has 0 aliphatic carbocycles. The van der Waals surface area contributed by atoms with Gasteiger partial charge in [0, 0.05) is 5.39 Å². The first-order chi connectivity index (χ1) is 12.6. The monoisotopic (exact) mass is 360 g/mol. The van der Waals surface area contributed by atoms with Gasteiger partial charge in [-0.05, 0) is 47.9 Å². The van der Waals surface area contributed by atoms with Gasteiger partial charge in [-0.2, -0.15) is 0 Å². The summed E-state index contributed by atoms with van der Waals surface area (Å²) in [5.74, 6) is 1.33. The van der Waals surface area contributed by atoms with Gasteiger partial charge in [-0.3, -0.25) is 0 Å². The topological polar surface area (TPSA) is 43.4 Å². The summed E-state index contributed by atoms with van der Waals surface area (Å²) in [5.41, 5.74) is 0. The van der Waals surface area contributed by atoms with Crippen LogP contribution in [-0.4, -0.2) is 8.42 Å². The van der Waals surface area contributed by atoms with E-state index in [1.54, 1.807) is 54.6 Å². The first-order valence-corrected chi connectivity index (χ1v) is 9.69. The summed E-state index contributed by atoms with van der Waals surface area (Å²) in [6, 6.07) is 28.7. The van der Waals surface area contributed by atoms with Crippen molar-refractivity contribution in [2.45, 2.75) is 9.79 Å². The molecule has 4 heteroatoms. The summed E-state index contributed by atoms with van der Waals surface area (Å²) in [5, 5.41) is 2.10. The smallest absolute Gasteiger partial charge is 0.206 e. The van der Waals surface area contributed by atoms with Crippen LogP contribution in [0, 0.1) is 0 Å². The highest BCUT2D eigenvalue weighted by molar-refractivity contribution is 7.91. The molecule has 0 fully saturated rings. The van der Waals surface area contributed by atoms with Crippen LogP contribution in [0.25, 0.3) is 10.8 Å². The Morgan fingerprint density at radius 1 is 0.577 bits per heavy atom. The fraction of sp³-hybridized carbons (Fsp3) is 0. The summed E-state index contributed by atoms with van der Waals surface area (Å²) in [6.45, 7) is 0. The van der Waals surface area contributed by atoms with E-state index in [4.69, 9.17) is 4.74 Å². The van der Waals surface area contributed by atoms with Crippen molar-refractivity contribution in [3.63, 3.8) is 0 Å². The molecule has 0 saturated carbocycles. The van der Waals surface area contributed by atoms with Crippen LogP contribution in [0.3, 0.4) is 0 Å². The van der Waals surface area contributed by atoms with Gasteiger partial charge in [-0.15, -0.1) is 0 Å². The lowest BCUT2D eigenvalue weighted by Gasteiger charge is -2.10. The third kappa shape index (κ3) is 3.07. The molecule has 0 aliphatic rings. The van der Waals surface area contributed by atoms with Crippen LogP contribution >= 0.6 is 0 Å². The van der Waals surface area contributed by atoms with E-state index in [9.17, 15) is 8.42 Å². The number of hydrogen-bond acceptors (Lipinski definition) is 3. The van der Waals surface area contributed by atoms with Crippen molar-refractivity contribution in [3.8, 4) is 11.5 Å². The Bertz CT molecular complexity index is 1140. The van der Waals surface area contributed by atoms with Gasteiger partial charge in [0.25, 0.3) is 0 Å². The number of fused-ring (bicyclic) bond motifs is 1. The summed E-state index contributed by atoms with van der Waals surface area (Å²) in [4.78, 5) is 0.525. The zero-order valence-electron chi connectivity index (χ0n) is 13.9. The van der Waals surface area contributed by atoms with E-state index < -0.39 is 9.84 Å². The molecule has 0 bridgehead atoms. The molecular formula is C22H16O3S. The number of hydrogen-bond donors (Lipinski definition) is 0. The van der Waals surface area contributed by atoms with Crippen molar-refractivity contribution in [2.75, 3.05) is 0 Å². The number of ether oxygens (including phenoxy) is 1. The molecule has 0 aliphatic heterocycles. The van der Waals surface area contributed by atoms with Gasteiger partial charge in [0.2, 0.25) is 9.84 Å². The summed E-state index contributed by atoms with van der Waals surface area (Å²) < 4.78 is 31.2. The molecule has 3 nitrogen and oxygen atoms in total. The van der Waals surface area contributed by atoms with Gasteiger partial charge in [-0.25, -0.2) is 8.42 Å². The minimum atomic E-state index is -3.52. The van der Waals surface area contributed by atoms with Crippen LogP contribution in [0.1, 0.15) is 0 Å². The first-order valence-electron chi connectivity index (χ1n) is 8.20. The molecule has 0 radical (unpaired) electrons. The van der Waals surface area contributed by atoms with Crippen LogP contribution < -0.4 is 4.74 Å². The van der Waals surface area contributed by atoms with Crippen LogP contribution in [0.5, 0.6) is 11.5 Å². The quantitative estimate of drug-likeness (QED) is 0.485. The predicted octanol–water partition coefficient (Wildman–Crippen LogP) is 5.46. The van der Waals surface area contributed by atoms with E-state index in [1.165, 1.54) is 0 Å². The van der Waals surface area contributed by atoms with Gasteiger partial charge in [-0.1, -0.05) is 54.6 Å². The molecule has 0 amide bonds. The van der Waals surface area contributed by atoms with Crippen molar-refractivity contribution in [1.82, 2.24) is 0 Å². The fourth-order valence-corrected chi connectivity index (χ4v) is 4.12. The Kier molecular flexibility index (Phi) is 4.19. The van der Waals surface area contributed by atoms with Gasteiger partial charge >= 0.3 is 0 Å². The SMILES string of the molecule is O=S(=O)(c1ccccc1)c1ccc(Oc2cccc3ccccc23)cc1. The lowest BCUT2D eigenvalue weighted by atomic mass is 10.1. The standard InChI is InChI=1S/C22H16O3S/c23-26(24,19-9-2-1-3-10-19)20-15-13-18(14-16-20)25-22-12-6-8-17-7-4-5-11-21(17)22/h1-16H. The van der Waals surface area contributed by atoms with Crippen molar-refractivity contribution in [1.29, 1.82) is 0 Å². The maximum atomic E-state index is 12.6. The van der Waals surface area contributed by atoms with Crippen molar-refractivity contribution < 1.29 is 13.2 Å². The lowest BCUT2D eigenvalue weighted by molar-refractivity contribution is 0.488. The normalized spacial score (nSPS) is 11.4. The first kappa shape index (κ1) is 16.4. The molecule has 26 heavy (non-hydrogen) atoms. The molecular weight excluding hydrogens is 344 g/mol. The molecule has 4 aromatic rings. The summed E-state index contributed by atoms with van der Waals surface area (Å²) in [7, 11) is -3.52. The van der Waals surface area contributed by atoms with E-state index in [2.05, 4.69) is 0 Å². The summed E-state index contributed by atoms with van der Waals surface area (Å²) >= 11 is 0. The van der Waals surface area contributed by atoms with Crippen LogP contribution in [0.4, 0.5) is 0 Å². The number of sulfone groups is 1. The Morgan fingerprint density at radius 2 is 1.19 bits per heavy atom. The Balaban J connectivity index is 1.64. The number of rotatable bonds is 4. The van der Waals surface area contributed by atoms with Crippen LogP contribution in [-0.2, 0) is 9.84 Å².